The van der Waals surface area contributed by atoms with Crippen molar-refractivity contribution >= 4 is 34.7 Å². The summed E-state index contributed by atoms with van der Waals surface area (Å²) in [4.78, 5) is 32.9. The average molecular weight is 424 g/mol. The van der Waals surface area contributed by atoms with Gasteiger partial charge in [0.05, 0.1) is 11.3 Å². The topological polar surface area (TPSA) is 43.9 Å². The predicted octanol–water partition coefficient (Wildman–Crippen LogP) is 3.96. The highest BCUT2D eigenvalue weighted by atomic mass is 35.5. The number of carbonyl (C=O) groups excluding carboxylic acids is 2. The molecule has 6 heteroatoms. The van der Waals surface area contributed by atoms with E-state index in [1.807, 2.05) is 49.2 Å². The summed E-state index contributed by atoms with van der Waals surface area (Å²) < 4.78 is 0. The van der Waals surface area contributed by atoms with Gasteiger partial charge < -0.3 is 9.80 Å². The number of piperidine rings is 1. The molecular weight excluding hydrogens is 398 g/mol. The maximum Gasteiger partial charge on any atom is 0.282 e. The lowest BCUT2D eigenvalue weighted by Gasteiger charge is -2.36. The first-order chi connectivity index (χ1) is 14.4. The molecule has 0 unspecified atom stereocenters. The first-order valence-corrected chi connectivity index (χ1v) is 10.6. The van der Waals surface area contributed by atoms with Gasteiger partial charge >= 0.3 is 0 Å². The summed E-state index contributed by atoms with van der Waals surface area (Å²) in [6.45, 7) is 3.82. The smallest absolute Gasteiger partial charge is 0.282 e. The van der Waals surface area contributed by atoms with Crippen molar-refractivity contribution < 1.29 is 9.59 Å². The van der Waals surface area contributed by atoms with Gasteiger partial charge in [-0.15, -0.1) is 0 Å². The molecule has 2 aliphatic rings. The van der Waals surface area contributed by atoms with E-state index in [9.17, 15) is 9.59 Å². The number of imide groups is 1. The number of rotatable bonds is 4. The molecule has 2 aliphatic heterocycles. The van der Waals surface area contributed by atoms with Crippen LogP contribution < -0.4 is 4.90 Å². The van der Waals surface area contributed by atoms with Crippen LogP contribution >= 0.6 is 11.6 Å². The van der Waals surface area contributed by atoms with Crippen LogP contribution in [0, 0.1) is 6.92 Å². The number of benzene rings is 2. The monoisotopic (exact) mass is 423 g/mol. The van der Waals surface area contributed by atoms with Crippen molar-refractivity contribution in [2.45, 2.75) is 25.8 Å². The van der Waals surface area contributed by atoms with Gasteiger partial charge in [-0.2, -0.15) is 0 Å². The summed E-state index contributed by atoms with van der Waals surface area (Å²) in [6.07, 6.45) is 1.92. The molecule has 30 heavy (non-hydrogen) atoms. The van der Waals surface area contributed by atoms with Crippen molar-refractivity contribution in [3.05, 3.63) is 70.4 Å². The summed E-state index contributed by atoms with van der Waals surface area (Å²) in [5, 5.41) is 0.579. The fourth-order valence-corrected chi connectivity index (χ4v) is 4.59. The zero-order valence-electron chi connectivity index (χ0n) is 17.6. The molecule has 1 saturated heterocycles. The standard InChI is InChI=1S/C24H26ClN3O2/c1-16-15-18(25)9-10-20(16)28-23(29)21(17-7-5-4-6-8-17)22(24(28)30)27(3)19-11-13-26(2)14-12-19/h4-10,15,19H,11-14H2,1-3H3. The molecule has 0 spiro atoms. The molecule has 0 aliphatic carbocycles. The quantitative estimate of drug-likeness (QED) is 0.698. The summed E-state index contributed by atoms with van der Waals surface area (Å²) in [5.41, 5.74) is 3.08. The van der Waals surface area contributed by atoms with E-state index < -0.39 is 0 Å². The molecule has 0 aromatic heterocycles. The largest absolute Gasteiger partial charge is 0.366 e. The molecule has 0 bridgehead atoms. The first kappa shape index (κ1) is 20.6. The second kappa shape index (κ2) is 8.25. The highest BCUT2D eigenvalue weighted by molar-refractivity contribution is 6.45. The van der Waals surface area contributed by atoms with Gasteiger partial charge in [0.2, 0.25) is 0 Å². The molecule has 2 heterocycles. The number of hydrogen-bond acceptors (Lipinski definition) is 4. The van der Waals surface area contributed by atoms with Crippen LogP contribution in [0.2, 0.25) is 5.02 Å². The van der Waals surface area contributed by atoms with Gasteiger partial charge in [-0.05, 0) is 69.2 Å². The van der Waals surface area contributed by atoms with E-state index in [2.05, 4.69) is 11.9 Å². The molecular formula is C24H26ClN3O2. The van der Waals surface area contributed by atoms with Crippen molar-refractivity contribution in [1.82, 2.24) is 9.80 Å². The number of halogens is 1. The minimum atomic E-state index is -0.286. The van der Waals surface area contributed by atoms with Gasteiger partial charge in [0.15, 0.2) is 0 Å². The van der Waals surface area contributed by atoms with Gasteiger partial charge in [0, 0.05) is 18.1 Å². The fraction of sp³-hybridized carbons (Fsp3) is 0.333. The van der Waals surface area contributed by atoms with Crippen LogP contribution in [0.25, 0.3) is 5.57 Å². The van der Waals surface area contributed by atoms with Crippen molar-refractivity contribution in [2.24, 2.45) is 0 Å². The van der Waals surface area contributed by atoms with E-state index >= 15 is 0 Å². The zero-order valence-corrected chi connectivity index (χ0v) is 18.3. The number of likely N-dealkylation sites (tertiary alicyclic amines) is 1. The Kier molecular flexibility index (Phi) is 5.67. The number of nitrogens with zero attached hydrogens (tertiary/aromatic N) is 3. The Morgan fingerprint density at radius 2 is 1.67 bits per heavy atom. The van der Waals surface area contributed by atoms with Crippen LogP contribution in [0.3, 0.4) is 0 Å². The summed E-state index contributed by atoms with van der Waals surface area (Å²) in [6, 6.07) is 14.9. The number of carbonyl (C=O) groups is 2. The summed E-state index contributed by atoms with van der Waals surface area (Å²) in [5.74, 6) is -0.558. The molecule has 2 amide bonds. The van der Waals surface area contributed by atoms with Crippen LogP contribution in [0.15, 0.2) is 54.2 Å². The van der Waals surface area contributed by atoms with Crippen LogP contribution in [0.5, 0.6) is 0 Å². The molecule has 0 atom stereocenters. The number of aryl methyl sites for hydroxylation is 1. The third kappa shape index (κ3) is 3.64. The molecule has 156 valence electrons. The van der Waals surface area contributed by atoms with Crippen molar-refractivity contribution in [3.8, 4) is 0 Å². The third-order valence-electron chi connectivity index (χ3n) is 6.11. The Hall–Kier alpha value is -2.63. The molecule has 0 radical (unpaired) electrons. The molecule has 1 fully saturated rings. The van der Waals surface area contributed by atoms with Crippen LogP contribution in [-0.4, -0.2) is 54.8 Å². The normalized spacial score (nSPS) is 18.5. The SMILES string of the molecule is Cc1cc(Cl)ccc1N1C(=O)C(c2ccccc2)=C(N(C)C2CCN(C)CC2)C1=O. The van der Waals surface area contributed by atoms with Gasteiger partial charge in [0.25, 0.3) is 11.8 Å². The maximum atomic E-state index is 13.6. The van der Waals surface area contributed by atoms with E-state index in [1.165, 1.54) is 4.90 Å². The number of hydrogen-bond donors (Lipinski definition) is 0. The Bertz CT molecular complexity index is 1010. The van der Waals surface area contributed by atoms with E-state index in [4.69, 9.17) is 11.6 Å². The lowest BCUT2D eigenvalue weighted by atomic mass is 10.0. The van der Waals surface area contributed by atoms with Crippen LogP contribution in [0.4, 0.5) is 5.69 Å². The lowest BCUT2D eigenvalue weighted by molar-refractivity contribution is -0.120. The van der Waals surface area contributed by atoms with Gasteiger partial charge in [-0.1, -0.05) is 41.9 Å². The van der Waals surface area contributed by atoms with Crippen molar-refractivity contribution in [1.29, 1.82) is 0 Å². The Morgan fingerprint density at radius 3 is 2.30 bits per heavy atom. The Balaban J connectivity index is 1.79. The van der Waals surface area contributed by atoms with E-state index in [1.54, 1.807) is 18.2 Å². The summed E-state index contributed by atoms with van der Waals surface area (Å²) in [7, 11) is 4.05. The predicted molar refractivity (Wildman–Crippen MR) is 120 cm³/mol. The minimum absolute atomic E-state index is 0.220. The zero-order chi connectivity index (χ0) is 21.4. The molecule has 5 nitrogen and oxygen atoms in total. The fourth-order valence-electron chi connectivity index (χ4n) is 4.36. The maximum absolute atomic E-state index is 13.6. The lowest BCUT2D eigenvalue weighted by Crippen LogP contribution is -2.43. The third-order valence-corrected chi connectivity index (χ3v) is 6.35. The highest BCUT2D eigenvalue weighted by Crippen LogP contribution is 2.37. The van der Waals surface area contributed by atoms with E-state index in [0.717, 1.165) is 37.1 Å². The van der Waals surface area contributed by atoms with Crippen molar-refractivity contribution in [2.75, 3.05) is 32.1 Å². The van der Waals surface area contributed by atoms with E-state index in [-0.39, 0.29) is 17.9 Å². The van der Waals surface area contributed by atoms with Crippen LogP contribution in [0.1, 0.15) is 24.0 Å². The number of anilines is 1. The minimum Gasteiger partial charge on any atom is -0.366 e. The highest BCUT2D eigenvalue weighted by Gasteiger charge is 2.43. The second-order valence-corrected chi connectivity index (χ2v) is 8.55. The molecule has 2 aromatic rings. The number of likely N-dealkylation sites (N-methyl/N-ethyl adjacent to an activating group) is 1. The van der Waals surface area contributed by atoms with Gasteiger partial charge in [-0.25, -0.2) is 4.90 Å². The molecule has 4 rings (SSSR count). The first-order valence-electron chi connectivity index (χ1n) is 10.2. The Morgan fingerprint density at radius 1 is 1.00 bits per heavy atom. The van der Waals surface area contributed by atoms with Crippen LogP contribution in [-0.2, 0) is 9.59 Å². The van der Waals surface area contributed by atoms with Crippen molar-refractivity contribution in [3.63, 3.8) is 0 Å². The van der Waals surface area contributed by atoms with E-state index in [0.29, 0.717) is 22.0 Å². The number of amides is 2. The van der Waals surface area contributed by atoms with Gasteiger partial charge in [0.1, 0.15) is 5.70 Å². The summed E-state index contributed by atoms with van der Waals surface area (Å²) >= 11 is 6.10. The second-order valence-electron chi connectivity index (χ2n) is 8.11. The molecule has 2 aromatic carbocycles. The van der Waals surface area contributed by atoms with Gasteiger partial charge in [-0.3, -0.25) is 9.59 Å². The molecule has 0 saturated carbocycles. The average Bonchev–Trinajstić information content (AvgIpc) is 2.99. The Labute approximate surface area is 182 Å². The molecule has 0 N–H and O–H groups in total.